The molecule has 0 heterocycles. The van der Waals surface area contributed by atoms with Gasteiger partial charge >= 0.3 is 0 Å². The Balaban J connectivity index is 2.85. The van der Waals surface area contributed by atoms with Gasteiger partial charge in [0, 0.05) is 12.6 Å². The van der Waals surface area contributed by atoms with Crippen LogP contribution in [0.15, 0.2) is 18.2 Å². The summed E-state index contributed by atoms with van der Waals surface area (Å²) in [5.74, 6) is 0.653. The summed E-state index contributed by atoms with van der Waals surface area (Å²) in [7, 11) is 1.60. The van der Waals surface area contributed by atoms with Crippen LogP contribution >= 0.6 is 0 Å². The van der Waals surface area contributed by atoms with E-state index in [1.54, 1.807) is 7.11 Å². The highest BCUT2D eigenvalue weighted by molar-refractivity contribution is 5.45. The van der Waals surface area contributed by atoms with Gasteiger partial charge in [0.25, 0.3) is 0 Å². The number of benzene rings is 1. The van der Waals surface area contributed by atoms with Gasteiger partial charge in [0.1, 0.15) is 11.8 Å². The first kappa shape index (κ1) is 16.5. The number of nitriles is 1. The van der Waals surface area contributed by atoms with Crippen molar-refractivity contribution in [1.29, 1.82) is 5.26 Å². The van der Waals surface area contributed by atoms with Crippen molar-refractivity contribution in [3.63, 3.8) is 0 Å². The first-order chi connectivity index (χ1) is 9.65. The predicted molar refractivity (Wildman–Crippen MR) is 82.8 cm³/mol. The SMILES string of the molecule is CCCCN(Cc1ccc(OC)c(C#N)c1)C(C)CC. The first-order valence-corrected chi connectivity index (χ1v) is 7.47. The summed E-state index contributed by atoms with van der Waals surface area (Å²) in [6.07, 6.45) is 3.57. The Hall–Kier alpha value is -1.53. The van der Waals surface area contributed by atoms with Crippen LogP contribution in [0.5, 0.6) is 5.75 Å². The van der Waals surface area contributed by atoms with E-state index in [0.717, 1.165) is 19.5 Å². The van der Waals surface area contributed by atoms with Crippen molar-refractivity contribution in [3.8, 4) is 11.8 Å². The van der Waals surface area contributed by atoms with Gasteiger partial charge in [-0.25, -0.2) is 0 Å². The van der Waals surface area contributed by atoms with E-state index in [-0.39, 0.29) is 0 Å². The molecule has 0 aliphatic heterocycles. The lowest BCUT2D eigenvalue weighted by Gasteiger charge is -2.28. The van der Waals surface area contributed by atoms with Crippen LogP contribution in [0.25, 0.3) is 0 Å². The highest BCUT2D eigenvalue weighted by atomic mass is 16.5. The van der Waals surface area contributed by atoms with Gasteiger partial charge < -0.3 is 4.74 Å². The first-order valence-electron chi connectivity index (χ1n) is 7.47. The second-order valence-corrected chi connectivity index (χ2v) is 5.23. The molecule has 0 fully saturated rings. The van der Waals surface area contributed by atoms with E-state index < -0.39 is 0 Å². The smallest absolute Gasteiger partial charge is 0.136 e. The van der Waals surface area contributed by atoms with Crippen LogP contribution < -0.4 is 4.74 Å². The van der Waals surface area contributed by atoms with E-state index in [1.165, 1.54) is 18.4 Å². The molecule has 1 aromatic rings. The highest BCUT2D eigenvalue weighted by Crippen LogP contribution is 2.20. The van der Waals surface area contributed by atoms with Crippen molar-refractivity contribution in [3.05, 3.63) is 29.3 Å². The summed E-state index contributed by atoms with van der Waals surface area (Å²) < 4.78 is 5.19. The monoisotopic (exact) mass is 274 g/mol. The Labute approximate surface area is 123 Å². The van der Waals surface area contributed by atoms with E-state index in [2.05, 4.69) is 37.8 Å². The van der Waals surface area contributed by atoms with Gasteiger partial charge in [0.2, 0.25) is 0 Å². The van der Waals surface area contributed by atoms with Crippen LogP contribution in [-0.4, -0.2) is 24.6 Å². The summed E-state index contributed by atoms with van der Waals surface area (Å²) in [6, 6.07) is 8.66. The lowest BCUT2D eigenvalue weighted by atomic mass is 10.1. The molecule has 1 unspecified atom stereocenters. The highest BCUT2D eigenvalue weighted by Gasteiger charge is 2.13. The second kappa shape index (κ2) is 8.60. The molecule has 0 amide bonds. The zero-order valence-corrected chi connectivity index (χ0v) is 13.1. The van der Waals surface area contributed by atoms with Crippen molar-refractivity contribution in [1.82, 2.24) is 4.90 Å². The maximum atomic E-state index is 9.16. The van der Waals surface area contributed by atoms with Crippen LogP contribution in [-0.2, 0) is 6.54 Å². The molecule has 0 radical (unpaired) electrons. The topological polar surface area (TPSA) is 36.3 Å². The number of ether oxygens (including phenoxy) is 1. The zero-order chi connectivity index (χ0) is 15.0. The standard InChI is InChI=1S/C17H26N2O/c1-5-7-10-19(14(3)6-2)13-15-8-9-17(20-4)16(11-15)12-18/h8-9,11,14H,5-7,10,13H2,1-4H3. The summed E-state index contributed by atoms with van der Waals surface area (Å²) in [5, 5.41) is 9.16. The third-order valence-electron chi connectivity index (χ3n) is 3.78. The van der Waals surface area contributed by atoms with E-state index in [4.69, 9.17) is 10.00 Å². The van der Waals surface area contributed by atoms with E-state index in [0.29, 0.717) is 17.4 Å². The van der Waals surface area contributed by atoms with E-state index in [9.17, 15) is 0 Å². The molecule has 1 aromatic carbocycles. The third kappa shape index (κ3) is 4.54. The maximum absolute atomic E-state index is 9.16. The van der Waals surface area contributed by atoms with Gasteiger partial charge in [-0.05, 0) is 44.0 Å². The van der Waals surface area contributed by atoms with Crippen molar-refractivity contribution >= 4 is 0 Å². The van der Waals surface area contributed by atoms with Crippen molar-refractivity contribution < 1.29 is 4.74 Å². The van der Waals surface area contributed by atoms with Gasteiger partial charge in [0.05, 0.1) is 12.7 Å². The van der Waals surface area contributed by atoms with Gasteiger partial charge in [-0.3, -0.25) is 4.90 Å². The molecule has 3 heteroatoms. The Morgan fingerprint density at radius 3 is 2.65 bits per heavy atom. The molecule has 0 aliphatic rings. The Morgan fingerprint density at radius 2 is 2.10 bits per heavy atom. The fourth-order valence-electron chi connectivity index (χ4n) is 2.25. The number of unbranched alkanes of at least 4 members (excludes halogenated alkanes) is 1. The molecule has 0 aromatic heterocycles. The minimum atomic E-state index is 0.564. The minimum Gasteiger partial charge on any atom is -0.495 e. The maximum Gasteiger partial charge on any atom is 0.136 e. The Morgan fingerprint density at radius 1 is 1.35 bits per heavy atom. The fourth-order valence-corrected chi connectivity index (χ4v) is 2.25. The van der Waals surface area contributed by atoms with Gasteiger partial charge in [-0.2, -0.15) is 5.26 Å². The van der Waals surface area contributed by atoms with Crippen LogP contribution in [0.4, 0.5) is 0 Å². The van der Waals surface area contributed by atoms with Crippen molar-refractivity contribution in [2.24, 2.45) is 0 Å². The molecule has 1 rings (SSSR count). The van der Waals surface area contributed by atoms with Gasteiger partial charge in [-0.15, -0.1) is 0 Å². The molecule has 0 spiro atoms. The molecule has 1 atom stereocenters. The molecule has 0 saturated heterocycles. The van der Waals surface area contributed by atoms with Gasteiger partial charge in [-0.1, -0.05) is 26.3 Å². The normalized spacial score (nSPS) is 12.2. The Kier molecular flexibility index (Phi) is 7.11. The summed E-state index contributed by atoms with van der Waals surface area (Å²) in [6.45, 7) is 8.71. The lowest BCUT2D eigenvalue weighted by Crippen LogP contribution is -2.33. The number of nitrogens with zero attached hydrogens (tertiary/aromatic N) is 2. The average molecular weight is 274 g/mol. The molecular weight excluding hydrogens is 248 g/mol. The van der Waals surface area contributed by atoms with E-state index in [1.807, 2.05) is 12.1 Å². The van der Waals surface area contributed by atoms with Crippen LogP contribution in [0.1, 0.15) is 51.2 Å². The number of rotatable bonds is 8. The predicted octanol–water partition coefficient (Wildman–Crippen LogP) is 3.97. The molecule has 0 saturated carbocycles. The Bertz CT molecular complexity index is 451. The molecule has 0 bridgehead atoms. The van der Waals surface area contributed by atoms with Crippen molar-refractivity contribution in [2.45, 2.75) is 52.6 Å². The lowest BCUT2D eigenvalue weighted by molar-refractivity contribution is 0.192. The molecular formula is C17H26N2O. The fraction of sp³-hybridized carbons (Fsp3) is 0.588. The molecule has 20 heavy (non-hydrogen) atoms. The number of hydrogen-bond donors (Lipinski definition) is 0. The van der Waals surface area contributed by atoms with Crippen LogP contribution in [0.3, 0.4) is 0 Å². The largest absolute Gasteiger partial charge is 0.495 e. The quantitative estimate of drug-likeness (QED) is 0.719. The summed E-state index contributed by atoms with van der Waals surface area (Å²) in [5.41, 5.74) is 1.79. The number of methoxy groups -OCH3 is 1. The number of hydrogen-bond acceptors (Lipinski definition) is 3. The van der Waals surface area contributed by atoms with Crippen molar-refractivity contribution in [2.75, 3.05) is 13.7 Å². The summed E-state index contributed by atoms with van der Waals surface area (Å²) in [4.78, 5) is 2.49. The van der Waals surface area contributed by atoms with Crippen LogP contribution in [0.2, 0.25) is 0 Å². The van der Waals surface area contributed by atoms with Crippen LogP contribution in [0, 0.1) is 11.3 Å². The van der Waals surface area contributed by atoms with E-state index >= 15 is 0 Å². The molecule has 3 nitrogen and oxygen atoms in total. The average Bonchev–Trinajstić information content (AvgIpc) is 2.50. The second-order valence-electron chi connectivity index (χ2n) is 5.23. The van der Waals surface area contributed by atoms with Gasteiger partial charge in [0.15, 0.2) is 0 Å². The zero-order valence-electron chi connectivity index (χ0n) is 13.1. The minimum absolute atomic E-state index is 0.564. The summed E-state index contributed by atoms with van der Waals surface area (Å²) >= 11 is 0. The third-order valence-corrected chi connectivity index (χ3v) is 3.78. The molecule has 110 valence electrons. The molecule has 0 N–H and O–H groups in total. The molecule has 0 aliphatic carbocycles.